The number of nitrogens with one attached hydrogen (secondary N) is 1. The molecule has 5 heteroatoms. The average molecular weight is 286 g/mol. The van der Waals surface area contributed by atoms with Crippen LogP contribution < -0.4 is 11.1 Å². The van der Waals surface area contributed by atoms with Gasteiger partial charge in [0, 0.05) is 44.0 Å². The molecular weight excluding hydrogens is 264 g/mol. The maximum Gasteiger partial charge on any atom is 0.224 e. The first-order valence-electron chi connectivity index (χ1n) is 7.31. The van der Waals surface area contributed by atoms with E-state index in [-0.39, 0.29) is 5.91 Å². The van der Waals surface area contributed by atoms with Crippen LogP contribution in [0.15, 0.2) is 36.7 Å². The number of amides is 1. The van der Waals surface area contributed by atoms with E-state index in [0.717, 1.165) is 36.5 Å². The van der Waals surface area contributed by atoms with Gasteiger partial charge in [0.2, 0.25) is 5.91 Å². The molecule has 2 aromatic rings. The molecule has 0 aliphatic heterocycles. The summed E-state index contributed by atoms with van der Waals surface area (Å²) < 4.78 is 2.10. The first kappa shape index (κ1) is 15.3. The van der Waals surface area contributed by atoms with Crippen molar-refractivity contribution in [2.45, 2.75) is 39.3 Å². The van der Waals surface area contributed by atoms with Gasteiger partial charge in [0.25, 0.3) is 0 Å². The number of hydrogen-bond donors (Lipinski definition) is 2. The van der Waals surface area contributed by atoms with E-state index in [2.05, 4.69) is 21.8 Å². The zero-order valence-corrected chi connectivity index (χ0v) is 12.4. The Hall–Kier alpha value is -2.14. The van der Waals surface area contributed by atoms with Crippen molar-refractivity contribution in [3.63, 3.8) is 0 Å². The van der Waals surface area contributed by atoms with Crippen LogP contribution in [0.5, 0.6) is 0 Å². The van der Waals surface area contributed by atoms with Gasteiger partial charge in [0.1, 0.15) is 5.82 Å². The zero-order valence-electron chi connectivity index (χ0n) is 12.4. The van der Waals surface area contributed by atoms with E-state index in [0.29, 0.717) is 13.0 Å². The van der Waals surface area contributed by atoms with E-state index in [1.807, 2.05) is 30.5 Å². The smallest absolute Gasteiger partial charge is 0.224 e. The van der Waals surface area contributed by atoms with Crippen molar-refractivity contribution in [1.82, 2.24) is 9.55 Å². The molecule has 1 amide bonds. The van der Waals surface area contributed by atoms with Gasteiger partial charge in [-0.3, -0.25) is 4.79 Å². The molecule has 0 bridgehead atoms. The predicted molar refractivity (Wildman–Crippen MR) is 83.8 cm³/mol. The maximum absolute atomic E-state index is 11.9. The Kier molecular flexibility index (Phi) is 5.51. The first-order valence-corrected chi connectivity index (χ1v) is 7.31. The number of nitrogens with two attached hydrogens (primary N) is 1. The second-order valence-electron chi connectivity index (χ2n) is 4.94. The van der Waals surface area contributed by atoms with Crippen LogP contribution in [0.1, 0.15) is 31.2 Å². The Morgan fingerprint density at radius 3 is 2.76 bits per heavy atom. The number of aryl methyl sites for hydroxylation is 2. The third-order valence-electron chi connectivity index (χ3n) is 3.39. The second kappa shape index (κ2) is 7.59. The molecule has 3 N–H and O–H groups in total. The molecule has 112 valence electrons. The predicted octanol–water partition coefficient (Wildman–Crippen LogP) is 2.32. The molecule has 0 atom stereocenters. The Morgan fingerprint density at radius 1 is 1.33 bits per heavy atom. The van der Waals surface area contributed by atoms with E-state index >= 15 is 0 Å². The Labute approximate surface area is 125 Å². The van der Waals surface area contributed by atoms with Crippen LogP contribution in [-0.4, -0.2) is 15.5 Å². The van der Waals surface area contributed by atoms with Crippen molar-refractivity contribution in [3.05, 3.63) is 48.0 Å². The van der Waals surface area contributed by atoms with Crippen molar-refractivity contribution in [1.29, 1.82) is 0 Å². The molecule has 0 unspecified atom stereocenters. The monoisotopic (exact) mass is 286 g/mol. The maximum atomic E-state index is 11.9. The summed E-state index contributed by atoms with van der Waals surface area (Å²) in [6.07, 6.45) is 5.98. The third-order valence-corrected chi connectivity index (χ3v) is 3.39. The number of hydrogen-bond acceptors (Lipinski definition) is 3. The Morgan fingerprint density at radius 2 is 2.10 bits per heavy atom. The number of imidazole rings is 1. The first-order chi connectivity index (χ1) is 10.2. The third kappa shape index (κ3) is 4.43. The number of aromatic nitrogens is 2. The van der Waals surface area contributed by atoms with Gasteiger partial charge >= 0.3 is 0 Å². The fourth-order valence-corrected chi connectivity index (χ4v) is 2.22. The second-order valence-corrected chi connectivity index (χ2v) is 4.94. The SMILES string of the molecule is CCc1nccn1CCCC(=O)Nc1ccc(CN)cc1. The molecule has 1 heterocycles. The lowest BCUT2D eigenvalue weighted by atomic mass is 10.2. The highest BCUT2D eigenvalue weighted by Gasteiger charge is 2.04. The van der Waals surface area contributed by atoms with Crippen molar-refractivity contribution >= 4 is 11.6 Å². The lowest BCUT2D eigenvalue weighted by Crippen LogP contribution is -2.13. The van der Waals surface area contributed by atoms with E-state index in [1.165, 1.54) is 0 Å². The zero-order chi connectivity index (χ0) is 15.1. The molecule has 0 saturated carbocycles. The summed E-state index contributed by atoms with van der Waals surface area (Å²) in [6, 6.07) is 7.61. The number of benzene rings is 1. The fourth-order valence-electron chi connectivity index (χ4n) is 2.22. The van der Waals surface area contributed by atoms with E-state index in [1.54, 1.807) is 6.20 Å². The van der Waals surface area contributed by atoms with E-state index < -0.39 is 0 Å². The number of carbonyl (C=O) groups excluding carboxylic acids is 1. The van der Waals surface area contributed by atoms with Crippen LogP contribution >= 0.6 is 0 Å². The largest absolute Gasteiger partial charge is 0.335 e. The Bertz CT molecular complexity index is 574. The van der Waals surface area contributed by atoms with Gasteiger partial charge in [-0.2, -0.15) is 0 Å². The topological polar surface area (TPSA) is 72.9 Å². The minimum Gasteiger partial charge on any atom is -0.335 e. The number of carbonyl (C=O) groups is 1. The molecule has 2 rings (SSSR count). The summed E-state index contributed by atoms with van der Waals surface area (Å²) in [5.41, 5.74) is 7.41. The molecule has 21 heavy (non-hydrogen) atoms. The average Bonchev–Trinajstić information content (AvgIpc) is 2.95. The van der Waals surface area contributed by atoms with Crippen LogP contribution in [0, 0.1) is 0 Å². The van der Waals surface area contributed by atoms with Crippen molar-refractivity contribution in [2.24, 2.45) is 5.73 Å². The number of rotatable bonds is 7. The molecule has 5 nitrogen and oxygen atoms in total. The molecule has 0 radical (unpaired) electrons. The van der Waals surface area contributed by atoms with Gasteiger partial charge in [-0.25, -0.2) is 4.98 Å². The number of anilines is 1. The fraction of sp³-hybridized carbons (Fsp3) is 0.375. The van der Waals surface area contributed by atoms with Crippen LogP contribution in [0.4, 0.5) is 5.69 Å². The summed E-state index contributed by atoms with van der Waals surface area (Å²) >= 11 is 0. The normalized spacial score (nSPS) is 10.6. The lowest BCUT2D eigenvalue weighted by molar-refractivity contribution is -0.116. The summed E-state index contributed by atoms with van der Waals surface area (Å²) in [5.74, 6) is 1.10. The van der Waals surface area contributed by atoms with Crippen LogP contribution in [0.25, 0.3) is 0 Å². The van der Waals surface area contributed by atoms with Crippen LogP contribution in [0.3, 0.4) is 0 Å². The minimum atomic E-state index is 0.0358. The molecule has 0 fully saturated rings. The van der Waals surface area contributed by atoms with E-state index in [4.69, 9.17) is 5.73 Å². The van der Waals surface area contributed by atoms with Crippen molar-refractivity contribution in [2.75, 3.05) is 5.32 Å². The van der Waals surface area contributed by atoms with Crippen molar-refractivity contribution < 1.29 is 4.79 Å². The highest BCUT2D eigenvalue weighted by molar-refractivity contribution is 5.90. The van der Waals surface area contributed by atoms with Gasteiger partial charge < -0.3 is 15.6 Å². The van der Waals surface area contributed by atoms with Crippen LogP contribution in [0.2, 0.25) is 0 Å². The summed E-state index contributed by atoms with van der Waals surface area (Å²) in [4.78, 5) is 16.2. The summed E-state index contributed by atoms with van der Waals surface area (Å²) in [5, 5.41) is 2.90. The molecule has 0 spiro atoms. The molecule has 1 aromatic heterocycles. The number of nitrogens with zero attached hydrogens (tertiary/aromatic N) is 2. The summed E-state index contributed by atoms with van der Waals surface area (Å²) in [7, 11) is 0. The van der Waals surface area contributed by atoms with Gasteiger partial charge in [-0.1, -0.05) is 19.1 Å². The van der Waals surface area contributed by atoms with E-state index in [9.17, 15) is 4.79 Å². The lowest BCUT2D eigenvalue weighted by Gasteiger charge is -2.08. The molecule has 0 aliphatic rings. The molecule has 0 saturated heterocycles. The van der Waals surface area contributed by atoms with Crippen molar-refractivity contribution in [3.8, 4) is 0 Å². The van der Waals surface area contributed by atoms with Gasteiger partial charge in [0.05, 0.1) is 0 Å². The highest BCUT2D eigenvalue weighted by atomic mass is 16.1. The minimum absolute atomic E-state index is 0.0358. The molecule has 1 aromatic carbocycles. The highest BCUT2D eigenvalue weighted by Crippen LogP contribution is 2.10. The molecular formula is C16H22N4O. The molecule has 0 aliphatic carbocycles. The van der Waals surface area contributed by atoms with Gasteiger partial charge in [0.15, 0.2) is 0 Å². The summed E-state index contributed by atoms with van der Waals surface area (Å²) in [6.45, 7) is 3.41. The van der Waals surface area contributed by atoms with Gasteiger partial charge in [-0.15, -0.1) is 0 Å². The quantitative estimate of drug-likeness (QED) is 0.820. The van der Waals surface area contributed by atoms with Crippen LogP contribution in [-0.2, 0) is 24.3 Å². The standard InChI is InChI=1S/C16H22N4O/c1-2-15-18-9-11-20(15)10-3-4-16(21)19-14-7-5-13(12-17)6-8-14/h5-9,11H,2-4,10,12,17H2,1H3,(H,19,21). The Balaban J connectivity index is 1.76. The van der Waals surface area contributed by atoms with Gasteiger partial charge in [-0.05, 0) is 24.1 Å².